The summed E-state index contributed by atoms with van der Waals surface area (Å²) in [5, 5.41) is 10.5. The van der Waals surface area contributed by atoms with E-state index in [2.05, 4.69) is 23.1 Å². The quantitative estimate of drug-likeness (QED) is 0.271. The first-order valence-electron chi connectivity index (χ1n) is 10.3. The molecule has 2 N–H and O–H groups in total. The summed E-state index contributed by atoms with van der Waals surface area (Å²) in [5.74, 6) is 3.16. The molecule has 0 spiro atoms. The Hall–Kier alpha value is -4.35. The van der Waals surface area contributed by atoms with Crippen LogP contribution >= 0.6 is 0 Å². The normalized spacial score (nSPS) is 10.9. The van der Waals surface area contributed by atoms with Crippen molar-refractivity contribution in [3.63, 3.8) is 0 Å². The molecule has 0 radical (unpaired) electrons. The summed E-state index contributed by atoms with van der Waals surface area (Å²) in [4.78, 5) is 0.0561. The van der Waals surface area contributed by atoms with Gasteiger partial charge in [-0.2, -0.15) is 0 Å². The molecular formula is C27H19F2NO4S. The van der Waals surface area contributed by atoms with Crippen LogP contribution in [0.4, 0.5) is 14.5 Å². The molecule has 5 nitrogen and oxygen atoms in total. The maximum absolute atomic E-state index is 14.1. The van der Waals surface area contributed by atoms with Crippen LogP contribution in [0.2, 0.25) is 0 Å². The van der Waals surface area contributed by atoms with Crippen molar-refractivity contribution in [2.45, 2.75) is 4.90 Å². The number of para-hydroxylation sites is 1. The molecule has 4 aromatic rings. The van der Waals surface area contributed by atoms with E-state index < -0.39 is 33.0 Å². The molecule has 0 aliphatic heterocycles. The minimum absolute atomic E-state index is 0.00353. The van der Waals surface area contributed by atoms with Crippen LogP contribution in [0.3, 0.4) is 0 Å². The first-order chi connectivity index (χ1) is 16.7. The monoisotopic (exact) mass is 491 g/mol. The Morgan fingerprint density at radius 1 is 0.943 bits per heavy atom. The second-order valence-electron chi connectivity index (χ2n) is 7.47. The molecule has 0 heterocycles. The molecule has 176 valence electrons. The summed E-state index contributed by atoms with van der Waals surface area (Å²) >= 11 is 0. The zero-order valence-corrected chi connectivity index (χ0v) is 19.3. The molecule has 0 unspecified atom stereocenters. The van der Waals surface area contributed by atoms with Crippen LogP contribution in [0.1, 0.15) is 16.7 Å². The highest BCUT2D eigenvalue weighted by Gasteiger charge is 2.20. The van der Waals surface area contributed by atoms with Gasteiger partial charge < -0.3 is 9.84 Å². The Morgan fingerprint density at radius 2 is 1.57 bits per heavy atom. The lowest BCUT2D eigenvalue weighted by molar-refractivity contribution is 0.419. The number of aliphatic hydroxyl groups is 1. The van der Waals surface area contributed by atoms with E-state index in [1.54, 1.807) is 48.5 Å². The smallest absolute Gasteiger partial charge is 0.262 e. The molecular weight excluding hydrogens is 472 g/mol. The van der Waals surface area contributed by atoms with Crippen molar-refractivity contribution in [2.24, 2.45) is 0 Å². The maximum atomic E-state index is 14.1. The van der Waals surface area contributed by atoms with Crippen LogP contribution < -0.4 is 9.46 Å². The van der Waals surface area contributed by atoms with Gasteiger partial charge in [-0.3, -0.25) is 4.72 Å². The number of methoxy groups -OCH3 is 1. The molecule has 0 aliphatic rings. The Bertz CT molecular complexity index is 1610. The molecule has 0 amide bonds. The number of hydrogen-bond donors (Lipinski definition) is 2. The molecule has 0 aliphatic carbocycles. The number of hydrogen-bond acceptors (Lipinski definition) is 4. The molecule has 0 saturated carbocycles. The van der Waals surface area contributed by atoms with Crippen LogP contribution in [0.15, 0.2) is 84.3 Å². The summed E-state index contributed by atoms with van der Waals surface area (Å²) in [5.41, 5.74) is -0.134. The highest BCUT2D eigenvalue weighted by molar-refractivity contribution is 7.93. The molecule has 35 heavy (non-hydrogen) atoms. The van der Waals surface area contributed by atoms with Gasteiger partial charge >= 0.3 is 0 Å². The van der Waals surface area contributed by atoms with Gasteiger partial charge in [0.15, 0.2) is 0 Å². The summed E-state index contributed by atoms with van der Waals surface area (Å²) in [7, 11) is -2.52. The van der Waals surface area contributed by atoms with Gasteiger partial charge in [-0.15, -0.1) is 0 Å². The number of aliphatic hydroxyl groups excluding tert-OH is 1. The Labute approximate surface area is 201 Å². The first kappa shape index (κ1) is 23.8. The van der Waals surface area contributed by atoms with Crippen LogP contribution in [-0.4, -0.2) is 20.6 Å². The summed E-state index contributed by atoms with van der Waals surface area (Å²) in [6, 6.07) is 18.3. The SMILES string of the molecule is C=C(O)c1c(F)cc(C#Cc2ccccc2NS(=O)(=O)c2ccc(OC)c3ccccc23)cc1F. The van der Waals surface area contributed by atoms with Gasteiger partial charge in [-0.05, 0) is 36.4 Å². The number of fused-ring (bicyclic) bond motifs is 1. The van der Waals surface area contributed by atoms with Crippen LogP contribution in [0.5, 0.6) is 5.75 Å². The third kappa shape index (κ3) is 4.81. The molecule has 4 aromatic carbocycles. The number of ether oxygens (including phenoxy) is 1. The van der Waals surface area contributed by atoms with Crippen molar-refractivity contribution in [2.75, 3.05) is 11.8 Å². The van der Waals surface area contributed by atoms with Crippen LogP contribution in [0, 0.1) is 23.5 Å². The zero-order valence-electron chi connectivity index (χ0n) is 18.5. The van der Waals surface area contributed by atoms with E-state index in [0.29, 0.717) is 22.1 Å². The number of benzene rings is 4. The Morgan fingerprint density at radius 3 is 2.23 bits per heavy atom. The van der Waals surface area contributed by atoms with Gasteiger partial charge in [0, 0.05) is 21.9 Å². The average molecular weight is 492 g/mol. The second kappa shape index (κ2) is 9.49. The van der Waals surface area contributed by atoms with Crippen molar-refractivity contribution < 1.29 is 27.0 Å². The standard InChI is InChI=1S/C27H19F2NO4S/c1-17(31)27-22(28)15-18(16-23(27)29)11-12-19-7-3-6-10-24(19)30-35(32,33)26-14-13-25(34-2)20-8-4-5-9-21(20)26/h3-10,13-16,30-31H,1H2,2H3. The summed E-state index contributed by atoms with van der Waals surface area (Å²) in [6.07, 6.45) is 0. The van der Waals surface area contributed by atoms with Crippen molar-refractivity contribution in [3.05, 3.63) is 108 Å². The lowest BCUT2D eigenvalue weighted by atomic mass is 10.1. The molecule has 0 bridgehead atoms. The number of anilines is 1. The van der Waals surface area contributed by atoms with E-state index in [1.807, 2.05) is 0 Å². The van der Waals surface area contributed by atoms with Gasteiger partial charge in [0.1, 0.15) is 23.1 Å². The Balaban J connectivity index is 1.72. The zero-order chi connectivity index (χ0) is 25.2. The number of nitrogens with one attached hydrogen (secondary N) is 1. The van der Waals surface area contributed by atoms with E-state index in [9.17, 15) is 22.3 Å². The van der Waals surface area contributed by atoms with Crippen molar-refractivity contribution in [1.82, 2.24) is 0 Å². The van der Waals surface area contributed by atoms with E-state index >= 15 is 0 Å². The van der Waals surface area contributed by atoms with Gasteiger partial charge in [-0.1, -0.05) is 54.8 Å². The molecule has 0 saturated heterocycles. The summed E-state index contributed by atoms with van der Waals surface area (Å²) < 4.78 is 62.8. The van der Waals surface area contributed by atoms with Crippen molar-refractivity contribution in [1.29, 1.82) is 0 Å². The largest absolute Gasteiger partial charge is 0.508 e. The number of sulfonamides is 1. The predicted octanol–water partition coefficient (Wildman–Crippen LogP) is 5.86. The van der Waals surface area contributed by atoms with E-state index in [4.69, 9.17) is 4.74 Å². The molecule has 8 heteroatoms. The highest BCUT2D eigenvalue weighted by atomic mass is 32.2. The lowest BCUT2D eigenvalue weighted by Gasteiger charge is -2.13. The van der Waals surface area contributed by atoms with Gasteiger partial charge in [0.05, 0.1) is 23.3 Å². The lowest BCUT2D eigenvalue weighted by Crippen LogP contribution is -2.14. The van der Waals surface area contributed by atoms with Crippen LogP contribution in [0.25, 0.3) is 16.5 Å². The Kier molecular flexibility index (Phi) is 6.45. The van der Waals surface area contributed by atoms with Gasteiger partial charge in [0.2, 0.25) is 0 Å². The predicted molar refractivity (Wildman–Crippen MR) is 132 cm³/mol. The third-order valence-electron chi connectivity index (χ3n) is 5.20. The van der Waals surface area contributed by atoms with Crippen molar-refractivity contribution >= 4 is 32.2 Å². The van der Waals surface area contributed by atoms with Gasteiger partial charge in [0.25, 0.3) is 10.0 Å². The van der Waals surface area contributed by atoms with Gasteiger partial charge in [-0.25, -0.2) is 17.2 Å². The number of halogens is 2. The minimum Gasteiger partial charge on any atom is -0.508 e. The fourth-order valence-electron chi connectivity index (χ4n) is 3.60. The topological polar surface area (TPSA) is 75.6 Å². The number of rotatable bonds is 5. The molecule has 4 rings (SSSR count). The summed E-state index contributed by atoms with van der Waals surface area (Å²) in [6.45, 7) is 3.14. The van der Waals surface area contributed by atoms with Crippen molar-refractivity contribution in [3.8, 4) is 17.6 Å². The fraction of sp³-hybridized carbons (Fsp3) is 0.0370. The maximum Gasteiger partial charge on any atom is 0.262 e. The fourth-order valence-corrected chi connectivity index (χ4v) is 4.89. The first-order valence-corrected chi connectivity index (χ1v) is 11.8. The average Bonchev–Trinajstić information content (AvgIpc) is 2.82. The van der Waals surface area contributed by atoms with Crippen LogP contribution in [-0.2, 0) is 10.0 Å². The molecule has 0 aromatic heterocycles. The molecule has 0 fully saturated rings. The van der Waals surface area contributed by atoms with E-state index in [0.717, 1.165) is 12.1 Å². The second-order valence-corrected chi connectivity index (χ2v) is 9.13. The minimum atomic E-state index is -4.03. The highest BCUT2D eigenvalue weighted by Crippen LogP contribution is 2.32. The van der Waals surface area contributed by atoms with E-state index in [-0.39, 0.29) is 16.1 Å². The third-order valence-corrected chi connectivity index (χ3v) is 6.62. The van der Waals surface area contributed by atoms with E-state index in [1.165, 1.54) is 19.2 Å². The molecule has 0 atom stereocenters.